The summed E-state index contributed by atoms with van der Waals surface area (Å²) in [6.45, 7) is 2.00. The zero-order valence-electron chi connectivity index (χ0n) is 11.9. The smallest absolute Gasteiger partial charge is 0.279 e. The molecule has 0 radical (unpaired) electrons. The first-order chi connectivity index (χ1) is 10.6. The van der Waals surface area contributed by atoms with E-state index in [0.717, 1.165) is 11.1 Å². The molecule has 1 unspecified atom stereocenters. The van der Waals surface area contributed by atoms with Crippen molar-refractivity contribution >= 4 is 28.0 Å². The van der Waals surface area contributed by atoms with Gasteiger partial charge < -0.3 is 5.32 Å². The lowest BCUT2D eigenvalue weighted by atomic mass is 9.86. The number of amides is 1. The Morgan fingerprint density at radius 3 is 3.05 bits per heavy atom. The molecule has 22 heavy (non-hydrogen) atoms. The van der Waals surface area contributed by atoms with E-state index in [9.17, 15) is 9.59 Å². The first kappa shape index (κ1) is 13.2. The summed E-state index contributed by atoms with van der Waals surface area (Å²) in [6, 6.07) is 7.93. The summed E-state index contributed by atoms with van der Waals surface area (Å²) in [5.74, 6) is 0.226. The summed E-state index contributed by atoms with van der Waals surface area (Å²) in [5, 5.41) is 4.69. The highest BCUT2D eigenvalue weighted by Gasteiger charge is 2.31. The topological polar surface area (TPSA) is 63.5 Å². The first-order valence-corrected chi connectivity index (χ1v) is 7.87. The average molecular weight is 311 g/mol. The summed E-state index contributed by atoms with van der Waals surface area (Å²) in [4.78, 5) is 29.3. The monoisotopic (exact) mass is 311 g/mol. The molecule has 110 valence electrons. The minimum atomic E-state index is -0.260. The molecule has 5 nitrogen and oxygen atoms in total. The van der Waals surface area contributed by atoms with Crippen LogP contribution in [0.5, 0.6) is 0 Å². The van der Waals surface area contributed by atoms with Crippen molar-refractivity contribution in [1.82, 2.24) is 9.38 Å². The fraction of sp³-hybridized carbons (Fsp3) is 0.188. The van der Waals surface area contributed by atoms with Crippen LogP contribution < -0.4 is 10.9 Å². The van der Waals surface area contributed by atoms with Gasteiger partial charge in [-0.05, 0) is 12.5 Å². The molecular weight excluding hydrogens is 298 g/mol. The molecule has 1 aliphatic heterocycles. The number of benzene rings is 1. The molecule has 0 bridgehead atoms. The lowest BCUT2D eigenvalue weighted by Crippen LogP contribution is -2.31. The second-order valence-electron chi connectivity index (χ2n) is 5.45. The lowest BCUT2D eigenvalue weighted by Gasteiger charge is -2.25. The molecule has 0 aliphatic carbocycles. The predicted octanol–water partition coefficient (Wildman–Crippen LogP) is 2.54. The third-order valence-electron chi connectivity index (χ3n) is 3.95. The van der Waals surface area contributed by atoms with Crippen LogP contribution in [-0.2, 0) is 4.79 Å². The van der Waals surface area contributed by atoms with Crippen molar-refractivity contribution in [3.05, 3.63) is 62.9 Å². The van der Waals surface area contributed by atoms with E-state index in [4.69, 9.17) is 0 Å². The van der Waals surface area contributed by atoms with E-state index in [1.165, 1.54) is 11.3 Å². The van der Waals surface area contributed by atoms with Crippen LogP contribution in [-0.4, -0.2) is 15.3 Å². The largest absolute Gasteiger partial charge is 0.311 e. The number of nitrogens with one attached hydrogen (secondary N) is 1. The highest BCUT2D eigenvalue weighted by molar-refractivity contribution is 7.15. The number of nitrogens with zero attached hydrogens (tertiary/aromatic N) is 2. The van der Waals surface area contributed by atoms with Crippen molar-refractivity contribution < 1.29 is 4.79 Å². The number of aromatic nitrogens is 2. The number of thiazole rings is 1. The number of carbonyl (C=O) groups excluding carboxylic acids is 1. The maximum Gasteiger partial charge on any atom is 0.279 e. The van der Waals surface area contributed by atoms with E-state index in [1.807, 2.05) is 42.8 Å². The third-order valence-corrected chi connectivity index (χ3v) is 4.71. The van der Waals surface area contributed by atoms with Gasteiger partial charge >= 0.3 is 0 Å². The van der Waals surface area contributed by atoms with Gasteiger partial charge in [0.15, 0.2) is 4.96 Å². The van der Waals surface area contributed by atoms with Gasteiger partial charge in [-0.25, -0.2) is 0 Å². The predicted molar refractivity (Wildman–Crippen MR) is 85.6 cm³/mol. The molecule has 0 spiro atoms. The van der Waals surface area contributed by atoms with Gasteiger partial charge in [-0.1, -0.05) is 29.8 Å². The fourth-order valence-electron chi connectivity index (χ4n) is 2.98. The van der Waals surface area contributed by atoms with E-state index < -0.39 is 0 Å². The minimum Gasteiger partial charge on any atom is -0.311 e. The Hall–Kier alpha value is -2.47. The van der Waals surface area contributed by atoms with Crippen LogP contribution >= 0.6 is 11.3 Å². The van der Waals surface area contributed by atoms with Crippen LogP contribution in [0.4, 0.5) is 5.82 Å². The van der Waals surface area contributed by atoms with Crippen LogP contribution in [0.1, 0.15) is 29.0 Å². The van der Waals surface area contributed by atoms with Gasteiger partial charge in [-0.15, -0.1) is 11.3 Å². The molecule has 0 fully saturated rings. The highest BCUT2D eigenvalue weighted by Crippen LogP contribution is 2.35. The zero-order chi connectivity index (χ0) is 15.3. The van der Waals surface area contributed by atoms with Crippen LogP contribution in [0.25, 0.3) is 4.96 Å². The SMILES string of the molecule is Cc1cccc(C2CC(=O)Nc3c2c(=O)nc2sccn32)c1. The molecule has 1 aromatic carbocycles. The fourth-order valence-corrected chi connectivity index (χ4v) is 3.69. The molecular formula is C16H13N3O2S. The van der Waals surface area contributed by atoms with Gasteiger partial charge in [-0.3, -0.25) is 14.0 Å². The van der Waals surface area contributed by atoms with E-state index in [0.29, 0.717) is 16.3 Å². The van der Waals surface area contributed by atoms with Crippen LogP contribution in [0.2, 0.25) is 0 Å². The Bertz CT molecular complexity index is 957. The molecule has 6 heteroatoms. The third kappa shape index (κ3) is 1.95. The number of rotatable bonds is 1. The summed E-state index contributed by atoms with van der Waals surface area (Å²) in [6.07, 6.45) is 2.09. The number of hydrogen-bond acceptors (Lipinski definition) is 4. The number of fused-ring (bicyclic) bond motifs is 3. The molecule has 2 aromatic heterocycles. The van der Waals surface area contributed by atoms with Gasteiger partial charge in [0.25, 0.3) is 5.56 Å². The van der Waals surface area contributed by atoms with Crippen molar-refractivity contribution in [2.24, 2.45) is 0 Å². The van der Waals surface area contributed by atoms with Crippen LogP contribution in [0.3, 0.4) is 0 Å². The number of anilines is 1. The zero-order valence-corrected chi connectivity index (χ0v) is 12.7. The Labute approximate surface area is 130 Å². The summed E-state index contributed by atoms with van der Waals surface area (Å²) in [5.41, 5.74) is 2.39. The quantitative estimate of drug-likeness (QED) is 0.751. The summed E-state index contributed by atoms with van der Waals surface area (Å²) >= 11 is 1.38. The number of hydrogen-bond donors (Lipinski definition) is 1. The van der Waals surface area contributed by atoms with Crippen LogP contribution in [0, 0.1) is 6.92 Å². The standard InChI is InChI=1S/C16H13N3O2S/c1-9-3-2-4-10(7-9)11-8-12(20)17-14-13(11)15(21)18-16-19(14)5-6-22-16/h2-7,11H,8H2,1H3,(H,17,20). The van der Waals surface area contributed by atoms with Crippen molar-refractivity contribution in [3.8, 4) is 0 Å². The van der Waals surface area contributed by atoms with Gasteiger partial charge in [0.05, 0.1) is 5.56 Å². The minimum absolute atomic E-state index is 0.0791. The van der Waals surface area contributed by atoms with Crippen molar-refractivity contribution in [3.63, 3.8) is 0 Å². The Morgan fingerprint density at radius 1 is 1.36 bits per heavy atom. The maximum atomic E-state index is 12.5. The van der Waals surface area contributed by atoms with Crippen molar-refractivity contribution in [2.45, 2.75) is 19.3 Å². The lowest BCUT2D eigenvalue weighted by molar-refractivity contribution is -0.116. The Morgan fingerprint density at radius 2 is 2.23 bits per heavy atom. The maximum absolute atomic E-state index is 12.5. The van der Waals surface area contributed by atoms with Crippen LogP contribution in [0.15, 0.2) is 40.6 Å². The van der Waals surface area contributed by atoms with Gasteiger partial charge in [0, 0.05) is 23.9 Å². The van der Waals surface area contributed by atoms with Gasteiger partial charge in [0.1, 0.15) is 5.82 Å². The number of aryl methyl sites for hydroxylation is 1. The second kappa shape index (κ2) is 4.78. The molecule has 1 aliphatic rings. The average Bonchev–Trinajstić information content (AvgIpc) is 2.94. The molecule has 3 aromatic rings. The summed E-state index contributed by atoms with van der Waals surface area (Å²) < 4.78 is 1.78. The molecule has 3 heterocycles. The summed E-state index contributed by atoms with van der Waals surface area (Å²) in [7, 11) is 0. The van der Waals surface area contributed by atoms with Gasteiger partial charge in [0.2, 0.25) is 5.91 Å². The second-order valence-corrected chi connectivity index (χ2v) is 6.33. The van der Waals surface area contributed by atoms with Crippen molar-refractivity contribution in [1.29, 1.82) is 0 Å². The molecule has 1 amide bonds. The normalized spacial score (nSPS) is 17.3. The van der Waals surface area contributed by atoms with Crippen molar-refractivity contribution in [2.75, 3.05) is 5.32 Å². The van der Waals surface area contributed by atoms with Gasteiger partial charge in [-0.2, -0.15) is 4.98 Å². The Balaban J connectivity index is 2.01. The molecule has 4 rings (SSSR count). The molecule has 1 N–H and O–H groups in total. The molecule has 0 saturated heterocycles. The first-order valence-electron chi connectivity index (χ1n) is 6.99. The van der Waals surface area contributed by atoms with E-state index in [1.54, 1.807) is 4.40 Å². The van der Waals surface area contributed by atoms with E-state index >= 15 is 0 Å². The Kier molecular flexibility index (Phi) is 2.87. The number of carbonyl (C=O) groups is 1. The molecule has 1 atom stereocenters. The van der Waals surface area contributed by atoms with E-state index in [-0.39, 0.29) is 23.8 Å². The highest BCUT2D eigenvalue weighted by atomic mass is 32.1. The molecule has 0 saturated carbocycles. The van der Waals surface area contributed by atoms with E-state index in [2.05, 4.69) is 10.3 Å².